The molecule has 0 radical (unpaired) electrons. The zero-order chi connectivity index (χ0) is 23.6. The number of benzene rings is 1. The third-order valence-corrected chi connectivity index (χ3v) is 5.90. The highest BCUT2D eigenvalue weighted by atomic mass is 19.4. The van der Waals surface area contributed by atoms with E-state index in [1.54, 1.807) is 11.9 Å². The summed E-state index contributed by atoms with van der Waals surface area (Å²) in [5, 5.41) is 13.0. The summed E-state index contributed by atoms with van der Waals surface area (Å²) in [6.07, 6.45) is -0.941. The molecule has 2 fully saturated rings. The van der Waals surface area contributed by atoms with Gasteiger partial charge in [0.2, 0.25) is 0 Å². The second kappa shape index (κ2) is 9.34. The fraction of sp³-hybridized carbons (Fsp3) is 0.455. The maximum atomic E-state index is 13.0. The number of hydrogen-bond donors (Lipinski definition) is 1. The van der Waals surface area contributed by atoms with Crippen molar-refractivity contribution in [1.82, 2.24) is 20.5 Å². The first kappa shape index (κ1) is 23.0. The summed E-state index contributed by atoms with van der Waals surface area (Å²) in [7, 11) is 0. The predicted molar refractivity (Wildman–Crippen MR) is 119 cm³/mol. The molecule has 0 aliphatic carbocycles. The van der Waals surface area contributed by atoms with Crippen LogP contribution in [0.15, 0.2) is 51.5 Å². The van der Waals surface area contributed by atoms with Crippen LogP contribution in [0, 0.1) is 6.92 Å². The normalized spacial score (nSPS) is 23.0. The lowest BCUT2D eigenvalue weighted by atomic mass is 9.89. The second-order valence-corrected chi connectivity index (χ2v) is 8.06. The van der Waals surface area contributed by atoms with Gasteiger partial charge in [0.1, 0.15) is 5.84 Å². The molecular formula is C22H26F3N7O. The van der Waals surface area contributed by atoms with E-state index in [1.807, 2.05) is 11.0 Å². The highest BCUT2D eigenvalue weighted by Crippen LogP contribution is 2.33. The number of alkyl halides is 3. The van der Waals surface area contributed by atoms with Crippen molar-refractivity contribution < 1.29 is 17.7 Å². The fourth-order valence-electron chi connectivity index (χ4n) is 4.12. The van der Waals surface area contributed by atoms with E-state index in [-0.39, 0.29) is 18.0 Å². The summed E-state index contributed by atoms with van der Waals surface area (Å²) in [5.41, 5.74) is 0.107. The smallest absolute Gasteiger partial charge is 0.316 e. The van der Waals surface area contributed by atoms with Crippen LogP contribution in [0.2, 0.25) is 0 Å². The van der Waals surface area contributed by atoms with Crippen LogP contribution >= 0.6 is 0 Å². The van der Waals surface area contributed by atoms with Crippen molar-refractivity contribution in [3.63, 3.8) is 0 Å². The predicted octanol–water partition coefficient (Wildman–Crippen LogP) is 3.58. The van der Waals surface area contributed by atoms with E-state index in [4.69, 9.17) is 9.52 Å². The summed E-state index contributed by atoms with van der Waals surface area (Å²) in [6.45, 7) is 11.0. The molecule has 2 aromatic rings. The summed E-state index contributed by atoms with van der Waals surface area (Å²) in [5.74, 6) is 1.11. The van der Waals surface area contributed by atoms with E-state index in [0.717, 1.165) is 37.1 Å². The van der Waals surface area contributed by atoms with E-state index in [2.05, 4.69) is 33.9 Å². The highest BCUT2D eigenvalue weighted by molar-refractivity contribution is 5.89. The first-order valence-corrected chi connectivity index (χ1v) is 10.7. The summed E-state index contributed by atoms with van der Waals surface area (Å²) < 4.78 is 44.1. The average molecular weight is 461 g/mol. The van der Waals surface area contributed by atoms with E-state index >= 15 is 0 Å². The van der Waals surface area contributed by atoms with Gasteiger partial charge in [-0.1, -0.05) is 23.4 Å². The Morgan fingerprint density at radius 2 is 2.09 bits per heavy atom. The maximum Gasteiger partial charge on any atom is 0.416 e. The van der Waals surface area contributed by atoms with Gasteiger partial charge < -0.3 is 9.42 Å². The van der Waals surface area contributed by atoms with Crippen LogP contribution in [0.5, 0.6) is 0 Å². The summed E-state index contributed by atoms with van der Waals surface area (Å²) >= 11 is 0. The molecule has 1 aromatic heterocycles. The standard InChI is InChI=1S/C22H26F3N7O/c1-4-18(19-12-31(19)21-29-14(2)30-33-21)27-13-28-20-17(6-5-11-32(20)26-3)15-7-9-16(10-8-15)22(23,24)25/h4,7-10,17-19,27H,1,3,5-6,11-13H2,2H3. The van der Waals surface area contributed by atoms with Crippen LogP contribution in [-0.4, -0.2) is 59.5 Å². The monoisotopic (exact) mass is 461 g/mol. The molecule has 2 aliphatic rings. The summed E-state index contributed by atoms with van der Waals surface area (Å²) in [4.78, 5) is 10.9. The van der Waals surface area contributed by atoms with Crippen LogP contribution in [0.3, 0.4) is 0 Å². The lowest BCUT2D eigenvalue weighted by Crippen LogP contribution is -2.39. The number of nitrogens with zero attached hydrogens (tertiary/aromatic N) is 6. The highest BCUT2D eigenvalue weighted by Gasteiger charge is 2.42. The number of aromatic nitrogens is 2. The molecule has 0 spiro atoms. The van der Waals surface area contributed by atoms with Gasteiger partial charge >= 0.3 is 12.2 Å². The van der Waals surface area contributed by atoms with Crippen molar-refractivity contribution in [3.8, 4) is 0 Å². The van der Waals surface area contributed by atoms with Crippen molar-refractivity contribution in [3.05, 3.63) is 53.9 Å². The molecule has 3 heterocycles. The first-order valence-electron chi connectivity index (χ1n) is 10.7. The van der Waals surface area contributed by atoms with Crippen molar-refractivity contribution in [2.75, 3.05) is 24.7 Å². The number of hydrogen-bond acceptors (Lipinski definition) is 7. The van der Waals surface area contributed by atoms with Crippen LogP contribution in [0.4, 0.5) is 19.2 Å². The Morgan fingerprint density at radius 3 is 2.70 bits per heavy atom. The van der Waals surface area contributed by atoms with Gasteiger partial charge in [0.15, 0.2) is 5.82 Å². The molecular weight excluding hydrogens is 435 g/mol. The second-order valence-electron chi connectivity index (χ2n) is 8.06. The Kier molecular flexibility index (Phi) is 6.50. The van der Waals surface area contributed by atoms with E-state index in [1.165, 1.54) is 12.1 Å². The molecule has 176 valence electrons. The minimum Gasteiger partial charge on any atom is -0.316 e. The number of amidine groups is 1. The molecule has 3 atom stereocenters. The average Bonchev–Trinajstić information content (AvgIpc) is 3.48. The molecule has 1 aromatic carbocycles. The number of aryl methyl sites for hydroxylation is 1. The van der Waals surface area contributed by atoms with E-state index < -0.39 is 11.7 Å². The molecule has 8 nitrogen and oxygen atoms in total. The van der Waals surface area contributed by atoms with Gasteiger partial charge in [-0.15, -0.1) is 6.58 Å². The van der Waals surface area contributed by atoms with Crippen molar-refractivity contribution in [1.29, 1.82) is 0 Å². The third-order valence-electron chi connectivity index (χ3n) is 5.90. The summed E-state index contributed by atoms with van der Waals surface area (Å²) in [6, 6.07) is 5.82. The van der Waals surface area contributed by atoms with Gasteiger partial charge in [0.25, 0.3) is 0 Å². The van der Waals surface area contributed by atoms with Gasteiger partial charge in [-0.3, -0.25) is 15.3 Å². The molecule has 0 amide bonds. The molecule has 2 aliphatic heterocycles. The van der Waals surface area contributed by atoms with Crippen molar-refractivity contribution in [2.45, 2.75) is 43.9 Å². The zero-order valence-electron chi connectivity index (χ0n) is 18.3. The number of hydrazone groups is 1. The molecule has 11 heteroatoms. The maximum absolute atomic E-state index is 13.0. The quantitative estimate of drug-likeness (QED) is 0.368. The number of nitrogens with one attached hydrogen (secondary N) is 1. The van der Waals surface area contributed by atoms with Crippen molar-refractivity contribution >= 4 is 18.6 Å². The van der Waals surface area contributed by atoms with Crippen LogP contribution < -0.4 is 10.2 Å². The Labute approximate surface area is 189 Å². The lowest BCUT2D eigenvalue weighted by molar-refractivity contribution is -0.137. The fourth-order valence-corrected chi connectivity index (χ4v) is 4.12. The first-order chi connectivity index (χ1) is 15.8. The van der Waals surface area contributed by atoms with Gasteiger partial charge in [-0.2, -0.15) is 23.3 Å². The van der Waals surface area contributed by atoms with Gasteiger partial charge in [0.05, 0.1) is 18.3 Å². The van der Waals surface area contributed by atoms with Crippen LogP contribution in [-0.2, 0) is 6.18 Å². The Bertz CT molecular complexity index is 1020. The molecule has 4 rings (SSSR count). The van der Waals surface area contributed by atoms with Crippen LogP contribution in [0.1, 0.15) is 35.7 Å². The minimum atomic E-state index is -4.36. The largest absolute Gasteiger partial charge is 0.416 e. The minimum absolute atomic E-state index is 0.0557. The number of anilines is 1. The van der Waals surface area contributed by atoms with Gasteiger partial charge in [0, 0.05) is 31.8 Å². The Balaban J connectivity index is 1.45. The molecule has 2 saturated heterocycles. The molecule has 0 bridgehead atoms. The number of halogens is 3. The van der Waals surface area contributed by atoms with Gasteiger partial charge in [-0.25, -0.2) is 0 Å². The molecule has 33 heavy (non-hydrogen) atoms. The molecule has 0 saturated carbocycles. The number of aliphatic imine (C=N–C) groups is 1. The van der Waals surface area contributed by atoms with E-state index in [9.17, 15) is 13.2 Å². The molecule has 1 N–H and O–H groups in total. The number of rotatable bonds is 8. The third kappa shape index (κ3) is 5.08. The lowest BCUT2D eigenvalue weighted by Gasteiger charge is -2.32. The topological polar surface area (TPSA) is 81.9 Å². The number of piperidine rings is 1. The Hall–Kier alpha value is -3.21. The zero-order valence-corrected chi connectivity index (χ0v) is 18.3. The van der Waals surface area contributed by atoms with Crippen molar-refractivity contribution in [2.24, 2.45) is 10.1 Å². The van der Waals surface area contributed by atoms with E-state index in [0.29, 0.717) is 30.9 Å². The van der Waals surface area contributed by atoms with Gasteiger partial charge in [-0.05, 0) is 37.5 Å². The Morgan fingerprint density at radius 1 is 1.33 bits per heavy atom. The van der Waals surface area contributed by atoms with Crippen LogP contribution in [0.25, 0.3) is 0 Å². The SMILES string of the molecule is C=CC(NCN=C1C(c2ccc(C(F)(F)F)cc2)CCCN1N=C)C1CN1c1nc(C)no1. The molecule has 3 unspecified atom stereocenters.